The molecular formula is C10H17B. The normalized spacial score (nSPS) is 55.3. The van der Waals surface area contributed by atoms with E-state index in [2.05, 4.69) is 13.8 Å². The van der Waals surface area contributed by atoms with E-state index in [1.54, 1.807) is 0 Å². The minimum atomic E-state index is 0.525. The van der Waals surface area contributed by atoms with Gasteiger partial charge in [-0.3, -0.25) is 0 Å². The van der Waals surface area contributed by atoms with Crippen LogP contribution < -0.4 is 0 Å². The van der Waals surface area contributed by atoms with Gasteiger partial charge in [0.1, 0.15) is 0 Å². The van der Waals surface area contributed by atoms with Crippen LogP contribution in [0.2, 0.25) is 6.32 Å². The van der Waals surface area contributed by atoms with Gasteiger partial charge in [-0.1, -0.05) is 26.6 Å². The molecule has 2 radical (unpaired) electrons. The Balaban J connectivity index is 2.14. The predicted molar refractivity (Wildman–Crippen MR) is 48.7 cm³/mol. The van der Waals surface area contributed by atoms with Crippen LogP contribution in [-0.2, 0) is 0 Å². The molecule has 0 saturated heterocycles. The first kappa shape index (κ1) is 7.70. The van der Waals surface area contributed by atoms with Crippen molar-refractivity contribution in [3.05, 3.63) is 0 Å². The zero-order valence-corrected chi connectivity index (χ0v) is 7.64. The number of fused-ring (bicyclic) bond motifs is 2. The zero-order chi connectivity index (χ0) is 8.06. The molecule has 0 aliphatic heterocycles. The maximum Gasteiger partial charge on any atom is 0.0660 e. The van der Waals surface area contributed by atoms with Gasteiger partial charge in [0.25, 0.3) is 0 Å². The van der Waals surface area contributed by atoms with Gasteiger partial charge >= 0.3 is 0 Å². The Morgan fingerprint density at radius 3 is 2.55 bits per heavy atom. The summed E-state index contributed by atoms with van der Waals surface area (Å²) in [5.41, 5.74) is 0.525. The fourth-order valence-electron chi connectivity index (χ4n) is 3.30. The average molecular weight is 148 g/mol. The van der Waals surface area contributed by atoms with E-state index in [9.17, 15) is 0 Å². The van der Waals surface area contributed by atoms with Crippen molar-refractivity contribution in [2.45, 2.75) is 39.4 Å². The Kier molecular flexibility index (Phi) is 1.59. The van der Waals surface area contributed by atoms with Gasteiger partial charge in [0.15, 0.2) is 0 Å². The minimum Gasteiger partial charge on any atom is -0.0829 e. The molecule has 0 aromatic heterocycles. The molecule has 3 rings (SSSR count). The number of hydrogen-bond acceptors (Lipinski definition) is 0. The van der Waals surface area contributed by atoms with Crippen LogP contribution in [0.5, 0.6) is 0 Å². The summed E-state index contributed by atoms with van der Waals surface area (Å²) in [6, 6.07) is 0. The monoisotopic (exact) mass is 148 g/mol. The first-order valence-corrected chi connectivity index (χ1v) is 4.88. The van der Waals surface area contributed by atoms with Crippen LogP contribution >= 0.6 is 0 Å². The summed E-state index contributed by atoms with van der Waals surface area (Å²) in [5, 5.41) is 0. The highest BCUT2D eigenvalue weighted by Gasteiger charge is 2.54. The molecule has 0 amide bonds. The Morgan fingerprint density at radius 1 is 1.45 bits per heavy atom. The standard InChI is InChI=1S/C10H17B/c1-7-3-4-8-5-9(7)10(8,2)6-11/h7-9H,3-6H2,1-2H3. The lowest BCUT2D eigenvalue weighted by Gasteiger charge is -2.61. The highest BCUT2D eigenvalue weighted by atomic mass is 14.6. The summed E-state index contributed by atoms with van der Waals surface area (Å²) >= 11 is 0. The summed E-state index contributed by atoms with van der Waals surface area (Å²) in [5.74, 6) is 2.86. The van der Waals surface area contributed by atoms with Crippen LogP contribution in [0.25, 0.3) is 0 Å². The molecule has 0 heterocycles. The van der Waals surface area contributed by atoms with E-state index in [4.69, 9.17) is 7.85 Å². The molecular weight excluding hydrogens is 131 g/mol. The second-order valence-electron chi connectivity index (χ2n) is 4.80. The van der Waals surface area contributed by atoms with Crippen LogP contribution in [0.4, 0.5) is 0 Å². The van der Waals surface area contributed by atoms with Crippen molar-refractivity contribution in [2.24, 2.45) is 23.2 Å². The van der Waals surface area contributed by atoms with Crippen molar-refractivity contribution < 1.29 is 0 Å². The molecule has 1 heteroatoms. The van der Waals surface area contributed by atoms with E-state index < -0.39 is 0 Å². The third kappa shape index (κ3) is 0.831. The van der Waals surface area contributed by atoms with Crippen molar-refractivity contribution >= 4 is 7.85 Å². The van der Waals surface area contributed by atoms with Crippen molar-refractivity contribution in [2.75, 3.05) is 0 Å². The molecule has 11 heavy (non-hydrogen) atoms. The van der Waals surface area contributed by atoms with Gasteiger partial charge in [0.2, 0.25) is 0 Å². The van der Waals surface area contributed by atoms with Crippen LogP contribution in [-0.4, -0.2) is 7.85 Å². The van der Waals surface area contributed by atoms with Crippen molar-refractivity contribution in [3.63, 3.8) is 0 Å². The molecule has 60 valence electrons. The van der Waals surface area contributed by atoms with Gasteiger partial charge in [-0.2, -0.15) is 0 Å². The fraction of sp³-hybridized carbons (Fsp3) is 1.00. The smallest absolute Gasteiger partial charge is 0.0660 e. The Morgan fingerprint density at radius 2 is 2.18 bits per heavy atom. The van der Waals surface area contributed by atoms with E-state index in [1.807, 2.05) is 0 Å². The Hall–Kier alpha value is 0.0649. The van der Waals surface area contributed by atoms with Crippen LogP contribution in [0.15, 0.2) is 0 Å². The Labute approximate surface area is 71.2 Å². The predicted octanol–water partition coefficient (Wildman–Crippen LogP) is 2.65. The lowest BCUT2D eigenvalue weighted by Crippen LogP contribution is -2.53. The second kappa shape index (κ2) is 2.28. The molecule has 3 aliphatic carbocycles. The van der Waals surface area contributed by atoms with Crippen molar-refractivity contribution in [1.29, 1.82) is 0 Å². The minimum absolute atomic E-state index is 0.525. The van der Waals surface area contributed by atoms with E-state index in [0.29, 0.717) is 5.41 Å². The number of hydrogen-bond donors (Lipinski definition) is 0. The lowest BCUT2D eigenvalue weighted by molar-refractivity contribution is -0.0981. The molecule has 3 fully saturated rings. The van der Waals surface area contributed by atoms with E-state index in [0.717, 1.165) is 24.1 Å². The first-order chi connectivity index (χ1) is 5.18. The van der Waals surface area contributed by atoms with Crippen LogP contribution in [0.3, 0.4) is 0 Å². The summed E-state index contributed by atoms with van der Waals surface area (Å²) < 4.78 is 0. The van der Waals surface area contributed by atoms with E-state index >= 15 is 0 Å². The molecule has 0 nitrogen and oxygen atoms in total. The van der Waals surface area contributed by atoms with Crippen LogP contribution in [0, 0.1) is 23.2 Å². The molecule has 4 unspecified atom stereocenters. The topological polar surface area (TPSA) is 0 Å². The second-order valence-corrected chi connectivity index (χ2v) is 4.80. The largest absolute Gasteiger partial charge is 0.0829 e. The molecule has 0 spiro atoms. The molecule has 0 aromatic carbocycles. The number of rotatable bonds is 1. The highest BCUT2D eigenvalue weighted by Crippen LogP contribution is 2.62. The third-order valence-corrected chi connectivity index (χ3v) is 4.42. The van der Waals surface area contributed by atoms with E-state index in [1.165, 1.54) is 19.3 Å². The highest BCUT2D eigenvalue weighted by molar-refractivity contribution is 6.09. The van der Waals surface area contributed by atoms with Gasteiger partial charge in [-0.15, -0.1) is 0 Å². The molecule has 3 saturated carbocycles. The van der Waals surface area contributed by atoms with Gasteiger partial charge in [0.05, 0.1) is 7.85 Å². The quantitative estimate of drug-likeness (QED) is 0.501. The molecule has 3 aliphatic rings. The molecule has 0 aromatic rings. The van der Waals surface area contributed by atoms with Gasteiger partial charge in [-0.25, -0.2) is 0 Å². The summed E-state index contributed by atoms with van der Waals surface area (Å²) in [7, 11) is 5.82. The summed E-state index contributed by atoms with van der Waals surface area (Å²) in [6.07, 6.45) is 5.26. The summed E-state index contributed by atoms with van der Waals surface area (Å²) in [4.78, 5) is 0. The SMILES string of the molecule is [B]CC1(C)C2CCC(C)C1C2. The van der Waals surface area contributed by atoms with E-state index in [-0.39, 0.29) is 0 Å². The summed E-state index contributed by atoms with van der Waals surface area (Å²) in [6.45, 7) is 4.79. The maximum atomic E-state index is 5.82. The van der Waals surface area contributed by atoms with Crippen molar-refractivity contribution in [3.8, 4) is 0 Å². The maximum absolute atomic E-state index is 5.82. The fourth-order valence-corrected chi connectivity index (χ4v) is 3.30. The molecule has 0 N–H and O–H groups in total. The third-order valence-electron chi connectivity index (χ3n) is 4.42. The van der Waals surface area contributed by atoms with Gasteiger partial charge in [-0.05, 0) is 36.0 Å². The van der Waals surface area contributed by atoms with Crippen molar-refractivity contribution in [1.82, 2.24) is 0 Å². The lowest BCUT2D eigenvalue weighted by atomic mass is 9.42. The van der Waals surface area contributed by atoms with Gasteiger partial charge < -0.3 is 0 Å². The van der Waals surface area contributed by atoms with Crippen LogP contribution in [0.1, 0.15) is 33.1 Å². The molecule has 4 atom stereocenters. The molecule has 2 bridgehead atoms. The first-order valence-electron chi connectivity index (χ1n) is 4.88. The van der Waals surface area contributed by atoms with Gasteiger partial charge in [0, 0.05) is 0 Å². The average Bonchev–Trinajstić information content (AvgIpc) is 2.02. The Bertz CT molecular complexity index is 164. The zero-order valence-electron chi connectivity index (χ0n) is 7.64.